The van der Waals surface area contributed by atoms with Crippen molar-refractivity contribution >= 4 is 11.3 Å². The molecular formula is C20H23N3O3S. The summed E-state index contributed by atoms with van der Waals surface area (Å²) in [6.07, 6.45) is 2.19. The summed E-state index contributed by atoms with van der Waals surface area (Å²) >= 11 is 1.60. The Morgan fingerprint density at radius 1 is 1.22 bits per heavy atom. The van der Waals surface area contributed by atoms with E-state index in [-0.39, 0.29) is 12.1 Å². The van der Waals surface area contributed by atoms with E-state index >= 15 is 0 Å². The second-order valence-electron chi connectivity index (χ2n) is 6.60. The largest absolute Gasteiger partial charge is 0.497 e. The first-order valence-corrected chi connectivity index (χ1v) is 9.94. The van der Waals surface area contributed by atoms with Gasteiger partial charge in [0.2, 0.25) is 5.89 Å². The summed E-state index contributed by atoms with van der Waals surface area (Å²) in [6, 6.07) is 10.3. The molecule has 0 bridgehead atoms. The summed E-state index contributed by atoms with van der Waals surface area (Å²) in [5.74, 6) is 2.89. The van der Waals surface area contributed by atoms with Crippen LogP contribution in [-0.4, -0.2) is 35.9 Å². The molecule has 1 aromatic carbocycles. The normalized spacial score (nSPS) is 18.6. The van der Waals surface area contributed by atoms with Crippen molar-refractivity contribution in [3.8, 4) is 22.3 Å². The van der Waals surface area contributed by atoms with Gasteiger partial charge in [-0.15, -0.1) is 21.5 Å². The van der Waals surface area contributed by atoms with Crippen molar-refractivity contribution in [2.75, 3.05) is 20.8 Å². The third kappa shape index (κ3) is 3.44. The molecule has 27 heavy (non-hydrogen) atoms. The lowest BCUT2D eigenvalue weighted by atomic mass is 10.0. The SMILES string of the molecule is COc1ccc([C@H]2CCCN2[C@@H](C)c2nnc(-c3cccs3)o2)c(OC)c1. The Kier molecular flexibility index (Phi) is 5.13. The Morgan fingerprint density at radius 2 is 2.11 bits per heavy atom. The summed E-state index contributed by atoms with van der Waals surface area (Å²) in [4.78, 5) is 3.41. The molecule has 1 fully saturated rings. The van der Waals surface area contributed by atoms with E-state index in [0.717, 1.165) is 35.8 Å². The maximum Gasteiger partial charge on any atom is 0.257 e. The lowest BCUT2D eigenvalue weighted by molar-refractivity contribution is 0.166. The third-order valence-electron chi connectivity index (χ3n) is 5.12. The van der Waals surface area contributed by atoms with Crippen LogP contribution < -0.4 is 9.47 Å². The molecule has 0 saturated carbocycles. The zero-order chi connectivity index (χ0) is 18.8. The molecule has 0 radical (unpaired) electrons. The van der Waals surface area contributed by atoms with Crippen molar-refractivity contribution < 1.29 is 13.9 Å². The molecule has 3 heterocycles. The van der Waals surface area contributed by atoms with Crippen molar-refractivity contribution in [2.45, 2.75) is 31.8 Å². The van der Waals surface area contributed by atoms with E-state index in [4.69, 9.17) is 13.9 Å². The molecule has 3 aromatic rings. The average molecular weight is 385 g/mol. The minimum Gasteiger partial charge on any atom is -0.497 e. The predicted molar refractivity (Wildman–Crippen MR) is 104 cm³/mol. The average Bonchev–Trinajstić information content (AvgIpc) is 3.47. The van der Waals surface area contributed by atoms with Crippen LogP contribution in [0.5, 0.6) is 11.5 Å². The van der Waals surface area contributed by atoms with Gasteiger partial charge in [0, 0.05) is 17.7 Å². The fourth-order valence-electron chi connectivity index (χ4n) is 3.73. The molecule has 6 nitrogen and oxygen atoms in total. The van der Waals surface area contributed by atoms with Gasteiger partial charge in [-0.3, -0.25) is 4.90 Å². The number of ether oxygens (including phenoxy) is 2. The van der Waals surface area contributed by atoms with Gasteiger partial charge in [-0.25, -0.2) is 0 Å². The molecule has 4 rings (SSSR count). The maximum absolute atomic E-state index is 5.97. The smallest absolute Gasteiger partial charge is 0.257 e. The van der Waals surface area contributed by atoms with Crippen molar-refractivity contribution in [2.24, 2.45) is 0 Å². The number of methoxy groups -OCH3 is 2. The fraction of sp³-hybridized carbons (Fsp3) is 0.400. The Hall–Kier alpha value is -2.38. The topological polar surface area (TPSA) is 60.6 Å². The van der Waals surface area contributed by atoms with Crippen LogP contribution in [0.3, 0.4) is 0 Å². The lowest BCUT2D eigenvalue weighted by Gasteiger charge is -2.29. The zero-order valence-corrected chi connectivity index (χ0v) is 16.5. The molecule has 0 aliphatic carbocycles. The number of likely N-dealkylation sites (tertiary alicyclic amines) is 1. The highest BCUT2D eigenvalue weighted by atomic mass is 32.1. The molecule has 1 aliphatic heterocycles. The summed E-state index contributed by atoms with van der Waals surface area (Å²) in [5, 5.41) is 10.6. The first-order valence-electron chi connectivity index (χ1n) is 9.06. The van der Waals surface area contributed by atoms with E-state index in [9.17, 15) is 0 Å². The van der Waals surface area contributed by atoms with Gasteiger partial charge in [-0.1, -0.05) is 12.1 Å². The molecule has 0 unspecified atom stereocenters. The summed E-state index contributed by atoms with van der Waals surface area (Å²) < 4.78 is 16.9. The highest BCUT2D eigenvalue weighted by molar-refractivity contribution is 7.13. The molecule has 7 heteroatoms. The van der Waals surface area contributed by atoms with Crippen LogP contribution in [0.25, 0.3) is 10.8 Å². The monoisotopic (exact) mass is 385 g/mol. The molecular weight excluding hydrogens is 362 g/mol. The zero-order valence-electron chi connectivity index (χ0n) is 15.7. The predicted octanol–water partition coefficient (Wildman–Crippen LogP) is 4.71. The Morgan fingerprint density at radius 3 is 2.85 bits per heavy atom. The van der Waals surface area contributed by atoms with Crippen LogP contribution in [-0.2, 0) is 0 Å². The van der Waals surface area contributed by atoms with E-state index < -0.39 is 0 Å². The number of hydrogen-bond acceptors (Lipinski definition) is 7. The number of nitrogens with zero attached hydrogens (tertiary/aromatic N) is 3. The second-order valence-corrected chi connectivity index (χ2v) is 7.55. The minimum atomic E-state index is 0.0329. The Bertz CT molecular complexity index is 894. The van der Waals surface area contributed by atoms with Gasteiger partial charge >= 0.3 is 0 Å². The molecule has 142 valence electrons. The summed E-state index contributed by atoms with van der Waals surface area (Å²) in [5.41, 5.74) is 1.17. The molecule has 0 N–H and O–H groups in total. The van der Waals surface area contributed by atoms with Crippen LogP contribution in [0.1, 0.15) is 43.3 Å². The van der Waals surface area contributed by atoms with Crippen LogP contribution in [0, 0.1) is 0 Å². The number of hydrogen-bond donors (Lipinski definition) is 0. The number of benzene rings is 1. The first kappa shape index (κ1) is 18.0. The molecule has 1 saturated heterocycles. The van der Waals surface area contributed by atoms with E-state index in [2.05, 4.69) is 28.1 Å². The minimum absolute atomic E-state index is 0.0329. The standard InChI is InChI=1S/C20H23N3O3S/c1-13(19-21-22-20(26-19)18-7-5-11-27-18)23-10-4-6-16(23)15-9-8-14(24-2)12-17(15)25-3/h5,7-9,11-13,16H,4,6,10H2,1-3H3/t13-,16+/m0/s1. The number of rotatable bonds is 6. The highest BCUT2D eigenvalue weighted by Crippen LogP contribution is 2.42. The quantitative estimate of drug-likeness (QED) is 0.612. The third-order valence-corrected chi connectivity index (χ3v) is 5.98. The highest BCUT2D eigenvalue weighted by Gasteiger charge is 2.34. The van der Waals surface area contributed by atoms with Crippen LogP contribution in [0.15, 0.2) is 40.1 Å². The molecule has 1 aliphatic rings. The van der Waals surface area contributed by atoms with Gasteiger partial charge in [0.15, 0.2) is 0 Å². The molecule has 2 aromatic heterocycles. The van der Waals surface area contributed by atoms with Crippen LogP contribution in [0.4, 0.5) is 0 Å². The molecule has 0 spiro atoms. The Balaban J connectivity index is 1.60. The molecule has 2 atom stereocenters. The van der Waals surface area contributed by atoms with Crippen molar-refractivity contribution in [3.63, 3.8) is 0 Å². The fourth-order valence-corrected chi connectivity index (χ4v) is 4.37. The van der Waals surface area contributed by atoms with Gasteiger partial charge in [0.05, 0.1) is 25.1 Å². The van der Waals surface area contributed by atoms with E-state index in [0.29, 0.717) is 11.8 Å². The van der Waals surface area contributed by atoms with Crippen molar-refractivity contribution in [1.29, 1.82) is 0 Å². The van der Waals surface area contributed by atoms with Gasteiger partial charge in [-0.2, -0.15) is 0 Å². The number of thiophene rings is 1. The van der Waals surface area contributed by atoms with Gasteiger partial charge in [0.25, 0.3) is 5.89 Å². The maximum atomic E-state index is 5.97. The van der Waals surface area contributed by atoms with Gasteiger partial charge in [-0.05, 0) is 43.8 Å². The van der Waals surface area contributed by atoms with Gasteiger partial charge in [0.1, 0.15) is 11.5 Å². The Labute approximate surface area is 162 Å². The lowest BCUT2D eigenvalue weighted by Crippen LogP contribution is -2.27. The van der Waals surface area contributed by atoms with Gasteiger partial charge < -0.3 is 13.9 Å². The van der Waals surface area contributed by atoms with Crippen LogP contribution >= 0.6 is 11.3 Å². The number of aromatic nitrogens is 2. The summed E-state index contributed by atoms with van der Waals surface area (Å²) in [6.45, 7) is 3.11. The first-order chi connectivity index (χ1) is 13.2. The van der Waals surface area contributed by atoms with E-state index in [1.807, 2.05) is 29.6 Å². The van der Waals surface area contributed by atoms with Crippen LogP contribution in [0.2, 0.25) is 0 Å². The van der Waals surface area contributed by atoms with E-state index in [1.165, 1.54) is 5.56 Å². The van der Waals surface area contributed by atoms with Crippen molar-refractivity contribution in [1.82, 2.24) is 15.1 Å². The van der Waals surface area contributed by atoms with E-state index in [1.54, 1.807) is 25.6 Å². The summed E-state index contributed by atoms with van der Waals surface area (Å²) in [7, 11) is 3.37. The molecule has 0 amide bonds. The van der Waals surface area contributed by atoms with Crippen molar-refractivity contribution in [3.05, 3.63) is 47.2 Å². The second kappa shape index (κ2) is 7.70.